The Morgan fingerprint density at radius 3 is 2.43 bits per heavy atom. The minimum absolute atomic E-state index is 0.0459. The first-order valence-electron chi connectivity index (χ1n) is 6.79. The van der Waals surface area contributed by atoms with Crippen LogP contribution < -0.4 is 10.2 Å². The average Bonchev–Trinajstić information content (AvgIpc) is 2.74. The number of carbonyl (C=O) groups excluding carboxylic acids is 2. The Balaban J connectivity index is 1.85. The van der Waals surface area contributed by atoms with Crippen LogP contribution in [0.3, 0.4) is 0 Å². The molecule has 0 radical (unpaired) electrons. The van der Waals surface area contributed by atoms with Crippen molar-refractivity contribution in [1.82, 2.24) is 0 Å². The number of benzene rings is 2. The maximum Gasteiger partial charge on any atom is 0.256 e. The first-order chi connectivity index (χ1) is 11.0. The molecule has 118 valence electrons. The molecule has 2 aromatic carbocycles. The van der Waals surface area contributed by atoms with E-state index in [1.165, 1.54) is 6.07 Å². The number of imide groups is 1. The number of hydrogen-bond acceptors (Lipinski definition) is 3. The van der Waals surface area contributed by atoms with Crippen molar-refractivity contribution in [3.63, 3.8) is 0 Å². The van der Waals surface area contributed by atoms with Gasteiger partial charge in [0.2, 0.25) is 5.91 Å². The highest BCUT2D eigenvalue weighted by atomic mass is 35.5. The van der Waals surface area contributed by atoms with Crippen LogP contribution in [-0.2, 0) is 9.59 Å². The van der Waals surface area contributed by atoms with Crippen LogP contribution >= 0.6 is 34.8 Å². The molecule has 1 fully saturated rings. The van der Waals surface area contributed by atoms with E-state index in [1.54, 1.807) is 36.4 Å². The molecule has 2 amide bonds. The zero-order valence-corrected chi connectivity index (χ0v) is 14.0. The van der Waals surface area contributed by atoms with Crippen LogP contribution in [0.15, 0.2) is 42.5 Å². The lowest BCUT2D eigenvalue weighted by atomic mass is 10.2. The maximum absolute atomic E-state index is 12.6. The Bertz CT molecular complexity index is 795. The first kappa shape index (κ1) is 16.1. The summed E-state index contributed by atoms with van der Waals surface area (Å²) in [6.07, 6.45) is 0.0459. The molecular formula is C16H11Cl3N2O2. The third-order valence-electron chi connectivity index (χ3n) is 3.46. The summed E-state index contributed by atoms with van der Waals surface area (Å²) in [6.45, 7) is 0. The molecule has 0 spiro atoms. The second-order valence-corrected chi connectivity index (χ2v) is 6.35. The quantitative estimate of drug-likeness (QED) is 0.816. The zero-order valence-electron chi connectivity index (χ0n) is 11.7. The molecule has 1 aliphatic heterocycles. The lowest BCUT2D eigenvalue weighted by Crippen LogP contribution is -2.35. The number of nitrogens with zero attached hydrogens (tertiary/aromatic N) is 1. The standard InChI is InChI=1S/C16H11Cl3N2O2/c17-9-2-1-3-11(6-9)20-13-8-15(22)21(16(13)23)14-5-4-10(18)7-12(14)19/h1-7,13,20H,8H2. The van der Waals surface area contributed by atoms with Crippen LogP contribution in [0, 0.1) is 0 Å². The highest BCUT2D eigenvalue weighted by Crippen LogP contribution is 2.33. The van der Waals surface area contributed by atoms with Gasteiger partial charge in [-0.25, -0.2) is 4.90 Å². The highest BCUT2D eigenvalue weighted by Gasteiger charge is 2.40. The summed E-state index contributed by atoms with van der Waals surface area (Å²) in [5.41, 5.74) is 1.01. The van der Waals surface area contributed by atoms with Crippen molar-refractivity contribution in [2.45, 2.75) is 12.5 Å². The van der Waals surface area contributed by atoms with Crippen LogP contribution in [0.5, 0.6) is 0 Å². The predicted octanol–water partition coefficient (Wildman–Crippen LogP) is 4.39. The van der Waals surface area contributed by atoms with Crippen molar-refractivity contribution < 1.29 is 9.59 Å². The van der Waals surface area contributed by atoms with Crippen LogP contribution in [0.2, 0.25) is 15.1 Å². The van der Waals surface area contributed by atoms with Gasteiger partial charge in [-0.3, -0.25) is 9.59 Å². The SMILES string of the molecule is O=C1CC(Nc2cccc(Cl)c2)C(=O)N1c1ccc(Cl)cc1Cl. The van der Waals surface area contributed by atoms with E-state index >= 15 is 0 Å². The van der Waals surface area contributed by atoms with E-state index < -0.39 is 6.04 Å². The topological polar surface area (TPSA) is 49.4 Å². The Morgan fingerprint density at radius 1 is 1.00 bits per heavy atom. The molecular weight excluding hydrogens is 359 g/mol. The normalized spacial score (nSPS) is 17.7. The zero-order chi connectivity index (χ0) is 16.6. The van der Waals surface area contributed by atoms with E-state index in [-0.39, 0.29) is 23.3 Å². The van der Waals surface area contributed by atoms with Crippen LogP contribution in [-0.4, -0.2) is 17.9 Å². The molecule has 4 nitrogen and oxygen atoms in total. The van der Waals surface area contributed by atoms with Crippen molar-refractivity contribution in [1.29, 1.82) is 0 Å². The van der Waals surface area contributed by atoms with Gasteiger partial charge in [0.25, 0.3) is 5.91 Å². The summed E-state index contributed by atoms with van der Waals surface area (Å²) in [7, 11) is 0. The Hall–Kier alpha value is -1.75. The van der Waals surface area contributed by atoms with E-state index in [9.17, 15) is 9.59 Å². The summed E-state index contributed by atoms with van der Waals surface area (Å²) in [5.74, 6) is -0.682. The molecule has 0 aliphatic carbocycles. The van der Waals surface area contributed by atoms with Crippen molar-refractivity contribution in [2.24, 2.45) is 0 Å². The molecule has 3 rings (SSSR count). The Kier molecular flexibility index (Phi) is 4.48. The summed E-state index contributed by atoms with van der Waals surface area (Å²) in [5, 5.41) is 4.26. The second kappa shape index (κ2) is 6.40. The minimum atomic E-state index is -0.660. The number of anilines is 2. The highest BCUT2D eigenvalue weighted by molar-refractivity contribution is 6.38. The molecule has 1 unspecified atom stereocenters. The molecule has 1 saturated heterocycles. The van der Waals surface area contributed by atoms with Gasteiger partial charge < -0.3 is 5.32 Å². The van der Waals surface area contributed by atoms with E-state index in [1.807, 2.05) is 0 Å². The number of halogens is 3. The van der Waals surface area contributed by atoms with Crippen molar-refractivity contribution in [3.05, 3.63) is 57.5 Å². The fraction of sp³-hybridized carbons (Fsp3) is 0.125. The summed E-state index contributed by atoms with van der Waals surface area (Å²) in [6, 6.07) is 10.9. The predicted molar refractivity (Wildman–Crippen MR) is 92.4 cm³/mol. The Morgan fingerprint density at radius 2 is 1.74 bits per heavy atom. The molecule has 0 saturated carbocycles. The molecule has 2 aromatic rings. The fourth-order valence-electron chi connectivity index (χ4n) is 2.44. The van der Waals surface area contributed by atoms with Gasteiger partial charge in [0.05, 0.1) is 17.1 Å². The van der Waals surface area contributed by atoms with Gasteiger partial charge in [-0.05, 0) is 36.4 Å². The number of hydrogen-bond donors (Lipinski definition) is 1. The molecule has 1 atom stereocenters. The second-order valence-electron chi connectivity index (χ2n) is 5.07. The lowest BCUT2D eigenvalue weighted by molar-refractivity contribution is -0.121. The van der Waals surface area contributed by atoms with Crippen molar-refractivity contribution in [3.8, 4) is 0 Å². The van der Waals surface area contributed by atoms with Gasteiger partial charge in [-0.15, -0.1) is 0 Å². The number of amides is 2. The van der Waals surface area contributed by atoms with Crippen molar-refractivity contribution >= 4 is 58.0 Å². The summed E-state index contributed by atoms with van der Waals surface area (Å²) < 4.78 is 0. The van der Waals surface area contributed by atoms with Gasteiger partial charge in [-0.1, -0.05) is 40.9 Å². The van der Waals surface area contributed by atoms with Gasteiger partial charge in [0.15, 0.2) is 0 Å². The van der Waals surface area contributed by atoms with E-state index in [0.717, 1.165) is 4.90 Å². The number of carbonyl (C=O) groups is 2. The third kappa shape index (κ3) is 3.29. The monoisotopic (exact) mass is 368 g/mol. The van der Waals surface area contributed by atoms with Crippen LogP contribution in [0.25, 0.3) is 0 Å². The number of nitrogens with one attached hydrogen (secondary N) is 1. The van der Waals surface area contributed by atoms with Gasteiger partial charge in [0, 0.05) is 15.7 Å². The molecule has 1 N–H and O–H groups in total. The van der Waals surface area contributed by atoms with Crippen molar-refractivity contribution in [2.75, 3.05) is 10.2 Å². The molecule has 0 aromatic heterocycles. The molecule has 1 aliphatic rings. The van der Waals surface area contributed by atoms with E-state index in [4.69, 9.17) is 34.8 Å². The number of rotatable bonds is 3. The van der Waals surface area contributed by atoms with Gasteiger partial charge >= 0.3 is 0 Å². The van der Waals surface area contributed by atoms with E-state index in [2.05, 4.69) is 5.32 Å². The summed E-state index contributed by atoms with van der Waals surface area (Å²) >= 11 is 17.9. The van der Waals surface area contributed by atoms with Crippen LogP contribution in [0.1, 0.15) is 6.42 Å². The average molecular weight is 370 g/mol. The smallest absolute Gasteiger partial charge is 0.256 e. The minimum Gasteiger partial charge on any atom is -0.373 e. The van der Waals surface area contributed by atoms with Crippen LogP contribution in [0.4, 0.5) is 11.4 Å². The maximum atomic E-state index is 12.6. The third-order valence-corrected chi connectivity index (χ3v) is 4.24. The lowest BCUT2D eigenvalue weighted by Gasteiger charge is -2.17. The largest absolute Gasteiger partial charge is 0.373 e. The van der Waals surface area contributed by atoms with E-state index in [0.29, 0.717) is 21.4 Å². The molecule has 7 heteroatoms. The van der Waals surface area contributed by atoms with Gasteiger partial charge in [-0.2, -0.15) is 0 Å². The molecule has 1 heterocycles. The summed E-state index contributed by atoms with van der Waals surface area (Å²) in [4.78, 5) is 25.9. The fourth-order valence-corrected chi connectivity index (χ4v) is 3.12. The molecule has 23 heavy (non-hydrogen) atoms. The first-order valence-corrected chi connectivity index (χ1v) is 7.93. The molecule has 0 bridgehead atoms. The van der Waals surface area contributed by atoms with Gasteiger partial charge in [0.1, 0.15) is 6.04 Å². The Labute approximate surface area is 147 Å².